The number of nitrogens with one attached hydrogen (secondary N) is 3. The van der Waals surface area contributed by atoms with Gasteiger partial charge in [-0.3, -0.25) is 4.98 Å². The van der Waals surface area contributed by atoms with Crippen LogP contribution in [-0.4, -0.2) is 38.2 Å². The Bertz CT molecular complexity index is 846. The van der Waals surface area contributed by atoms with Gasteiger partial charge in [0, 0.05) is 19.3 Å². The number of pyridine rings is 1. The van der Waals surface area contributed by atoms with Crippen LogP contribution in [0.2, 0.25) is 0 Å². The normalized spacial score (nSPS) is 10.4. The maximum absolute atomic E-state index is 13.0. The molecular weight excluding hydrogens is 349 g/mol. The molecular formula is C18H20FN7O. The van der Waals surface area contributed by atoms with Crippen molar-refractivity contribution in [3.8, 4) is 0 Å². The monoisotopic (exact) mass is 369 g/mol. The minimum atomic E-state index is -0.282. The van der Waals surface area contributed by atoms with E-state index in [0.29, 0.717) is 37.5 Å². The Kier molecular flexibility index (Phi) is 6.42. The van der Waals surface area contributed by atoms with Crippen LogP contribution in [-0.2, 0) is 13.1 Å². The molecule has 0 radical (unpaired) electrons. The summed E-state index contributed by atoms with van der Waals surface area (Å²) in [6.45, 7) is 1.17. The Hall–Kier alpha value is -3.33. The average molecular weight is 369 g/mol. The minimum absolute atomic E-state index is 0.0410. The van der Waals surface area contributed by atoms with Crippen LogP contribution < -0.4 is 16.0 Å². The van der Waals surface area contributed by atoms with Crippen LogP contribution in [0.1, 0.15) is 11.3 Å². The fourth-order valence-electron chi connectivity index (χ4n) is 2.24. The summed E-state index contributed by atoms with van der Waals surface area (Å²) in [5.41, 5.74) is 1.74. The summed E-state index contributed by atoms with van der Waals surface area (Å²) in [7, 11) is 0. The minimum Gasteiger partial charge on any atom is -0.395 e. The van der Waals surface area contributed by atoms with Crippen molar-refractivity contribution in [2.45, 2.75) is 13.1 Å². The molecule has 3 aromatic rings. The van der Waals surface area contributed by atoms with E-state index in [-0.39, 0.29) is 12.4 Å². The van der Waals surface area contributed by atoms with E-state index in [9.17, 15) is 4.39 Å². The van der Waals surface area contributed by atoms with E-state index >= 15 is 0 Å². The second kappa shape index (κ2) is 9.39. The lowest BCUT2D eigenvalue weighted by molar-refractivity contribution is 0.311. The van der Waals surface area contributed by atoms with E-state index in [4.69, 9.17) is 5.11 Å². The van der Waals surface area contributed by atoms with Gasteiger partial charge in [-0.15, -0.1) is 0 Å². The van der Waals surface area contributed by atoms with E-state index < -0.39 is 0 Å². The first-order valence-corrected chi connectivity index (χ1v) is 8.46. The van der Waals surface area contributed by atoms with Gasteiger partial charge in [0.2, 0.25) is 17.8 Å². The Balaban J connectivity index is 1.70. The average Bonchev–Trinajstić information content (AvgIpc) is 2.71. The molecule has 0 saturated heterocycles. The maximum Gasteiger partial charge on any atom is 0.229 e. The second-order valence-corrected chi connectivity index (χ2v) is 5.61. The van der Waals surface area contributed by atoms with Crippen molar-refractivity contribution >= 4 is 17.8 Å². The highest BCUT2D eigenvalue weighted by molar-refractivity contribution is 5.42. The van der Waals surface area contributed by atoms with Crippen molar-refractivity contribution in [1.29, 1.82) is 0 Å². The number of hydrogen-bond donors (Lipinski definition) is 4. The standard InChI is InChI=1S/C18H20FN7O/c19-14-6-4-13(5-7-14)11-22-17-24-16(21-9-10-27)25-18(26-17)23-12-15-3-1-2-8-20-15/h1-8,27H,9-12H2,(H3,21,22,23,24,25,26). The SMILES string of the molecule is OCCNc1nc(NCc2ccc(F)cc2)nc(NCc2ccccn2)n1. The maximum atomic E-state index is 13.0. The first kappa shape index (κ1) is 18.5. The van der Waals surface area contributed by atoms with E-state index in [1.54, 1.807) is 18.3 Å². The highest BCUT2D eigenvalue weighted by Gasteiger charge is 2.07. The van der Waals surface area contributed by atoms with Gasteiger partial charge in [0.25, 0.3) is 0 Å². The van der Waals surface area contributed by atoms with Crippen LogP contribution >= 0.6 is 0 Å². The summed E-state index contributed by atoms with van der Waals surface area (Å²) in [4.78, 5) is 17.1. The number of benzene rings is 1. The van der Waals surface area contributed by atoms with Crippen LogP contribution in [0.25, 0.3) is 0 Å². The molecule has 27 heavy (non-hydrogen) atoms. The lowest BCUT2D eigenvalue weighted by Gasteiger charge is -2.11. The van der Waals surface area contributed by atoms with Crippen LogP contribution in [0.5, 0.6) is 0 Å². The third-order valence-corrected chi connectivity index (χ3v) is 3.55. The molecule has 0 bridgehead atoms. The zero-order valence-corrected chi connectivity index (χ0v) is 14.6. The number of halogens is 1. The Labute approximate surface area is 155 Å². The van der Waals surface area contributed by atoms with Crippen LogP contribution in [0.3, 0.4) is 0 Å². The molecule has 0 saturated carbocycles. The summed E-state index contributed by atoms with van der Waals surface area (Å²) < 4.78 is 13.0. The fourth-order valence-corrected chi connectivity index (χ4v) is 2.24. The molecule has 2 heterocycles. The van der Waals surface area contributed by atoms with Gasteiger partial charge in [-0.05, 0) is 29.8 Å². The van der Waals surface area contributed by atoms with Gasteiger partial charge in [-0.25, -0.2) is 4.39 Å². The second-order valence-electron chi connectivity index (χ2n) is 5.61. The summed E-state index contributed by atoms with van der Waals surface area (Å²) >= 11 is 0. The van der Waals surface area contributed by atoms with Crippen molar-refractivity contribution in [2.24, 2.45) is 0 Å². The fraction of sp³-hybridized carbons (Fsp3) is 0.222. The van der Waals surface area contributed by atoms with Crippen molar-refractivity contribution in [1.82, 2.24) is 19.9 Å². The smallest absolute Gasteiger partial charge is 0.229 e. The first-order valence-electron chi connectivity index (χ1n) is 8.46. The van der Waals surface area contributed by atoms with Crippen molar-refractivity contribution < 1.29 is 9.50 Å². The highest BCUT2D eigenvalue weighted by Crippen LogP contribution is 2.12. The van der Waals surface area contributed by atoms with Crippen LogP contribution in [0, 0.1) is 5.82 Å². The Morgan fingerprint density at radius 1 is 0.815 bits per heavy atom. The number of aromatic nitrogens is 4. The summed E-state index contributed by atoms with van der Waals surface area (Å²) in [6.07, 6.45) is 1.72. The molecule has 0 unspecified atom stereocenters. The summed E-state index contributed by atoms with van der Waals surface area (Å²) in [5, 5.41) is 18.1. The van der Waals surface area contributed by atoms with Gasteiger partial charge in [0.1, 0.15) is 5.82 Å². The van der Waals surface area contributed by atoms with Crippen LogP contribution in [0.15, 0.2) is 48.7 Å². The number of anilines is 3. The lowest BCUT2D eigenvalue weighted by atomic mass is 10.2. The number of rotatable bonds is 9. The molecule has 0 aliphatic heterocycles. The van der Waals surface area contributed by atoms with Crippen molar-refractivity contribution in [2.75, 3.05) is 29.1 Å². The van der Waals surface area contributed by atoms with Gasteiger partial charge in [0.05, 0.1) is 18.8 Å². The molecule has 8 nitrogen and oxygen atoms in total. The van der Waals surface area contributed by atoms with E-state index in [1.807, 2.05) is 18.2 Å². The molecule has 9 heteroatoms. The number of nitrogens with zero attached hydrogens (tertiary/aromatic N) is 4. The number of aliphatic hydroxyl groups excluding tert-OH is 1. The molecule has 1 aromatic carbocycles. The van der Waals surface area contributed by atoms with E-state index in [2.05, 4.69) is 35.9 Å². The number of hydrogen-bond acceptors (Lipinski definition) is 8. The largest absolute Gasteiger partial charge is 0.395 e. The summed E-state index contributed by atoms with van der Waals surface area (Å²) in [5.74, 6) is 0.788. The molecule has 2 aromatic heterocycles. The predicted molar refractivity (Wildman–Crippen MR) is 101 cm³/mol. The topological polar surface area (TPSA) is 108 Å². The third kappa shape index (κ3) is 5.86. The Morgan fingerprint density at radius 2 is 1.48 bits per heavy atom. The van der Waals surface area contributed by atoms with Gasteiger partial charge < -0.3 is 21.1 Å². The van der Waals surface area contributed by atoms with Gasteiger partial charge in [0.15, 0.2) is 0 Å². The van der Waals surface area contributed by atoms with Gasteiger partial charge in [-0.1, -0.05) is 18.2 Å². The van der Waals surface area contributed by atoms with E-state index in [1.165, 1.54) is 12.1 Å². The molecule has 0 atom stereocenters. The molecule has 140 valence electrons. The highest BCUT2D eigenvalue weighted by atomic mass is 19.1. The lowest BCUT2D eigenvalue weighted by Crippen LogP contribution is -2.14. The Morgan fingerprint density at radius 3 is 2.11 bits per heavy atom. The van der Waals surface area contributed by atoms with Crippen molar-refractivity contribution in [3.63, 3.8) is 0 Å². The number of aliphatic hydroxyl groups is 1. The van der Waals surface area contributed by atoms with Crippen LogP contribution in [0.4, 0.5) is 22.2 Å². The van der Waals surface area contributed by atoms with Crippen molar-refractivity contribution in [3.05, 3.63) is 65.7 Å². The molecule has 0 amide bonds. The predicted octanol–water partition coefficient (Wildman–Crippen LogP) is 2.03. The molecule has 0 aliphatic carbocycles. The first-order chi connectivity index (χ1) is 13.2. The zero-order valence-electron chi connectivity index (χ0n) is 14.6. The molecule has 4 N–H and O–H groups in total. The summed E-state index contributed by atoms with van der Waals surface area (Å²) in [6, 6.07) is 11.8. The zero-order chi connectivity index (χ0) is 18.9. The quantitative estimate of drug-likeness (QED) is 0.454. The molecule has 0 aliphatic rings. The molecule has 0 fully saturated rings. The van der Waals surface area contributed by atoms with E-state index in [0.717, 1.165) is 11.3 Å². The van der Waals surface area contributed by atoms with Gasteiger partial charge >= 0.3 is 0 Å². The van der Waals surface area contributed by atoms with Gasteiger partial charge in [-0.2, -0.15) is 15.0 Å². The third-order valence-electron chi connectivity index (χ3n) is 3.55. The molecule has 3 rings (SSSR count). The molecule has 0 spiro atoms.